The molecule has 1 aromatic heterocycles. The van der Waals surface area contributed by atoms with Gasteiger partial charge in [0.2, 0.25) is 0 Å². The number of benzene rings is 2. The third-order valence-corrected chi connectivity index (χ3v) is 6.89. The Morgan fingerprint density at radius 2 is 2.06 bits per heavy atom. The number of aromatic nitrogens is 2. The normalized spacial score (nSPS) is 21.0. The highest BCUT2D eigenvalue weighted by atomic mass is 19.1. The standard InChI is InChI=1S/C26H29FN4O2/c1-2-22(32)20-6-4-3-5-19(20)21-13-18(27)7-8-23(21)33-24-14-29-17-30-25(24)31-12-10-26(16-31)9-11-28-15-26/h3-8,13-14,17,22,28,32H,2,9-12,15-16H2,1H3. The quantitative estimate of drug-likeness (QED) is 0.569. The minimum Gasteiger partial charge on any atom is -0.451 e. The van der Waals surface area contributed by atoms with Gasteiger partial charge in [0.15, 0.2) is 11.6 Å². The first kappa shape index (κ1) is 21.8. The van der Waals surface area contributed by atoms with Crippen LogP contribution in [0.1, 0.15) is 37.9 Å². The fraction of sp³-hybridized carbons (Fsp3) is 0.385. The highest BCUT2D eigenvalue weighted by molar-refractivity contribution is 5.74. The molecular formula is C26H29FN4O2. The third kappa shape index (κ3) is 4.30. The first-order chi connectivity index (χ1) is 16.1. The van der Waals surface area contributed by atoms with Crippen LogP contribution < -0.4 is 15.0 Å². The summed E-state index contributed by atoms with van der Waals surface area (Å²) in [4.78, 5) is 11.0. The summed E-state index contributed by atoms with van der Waals surface area (Å²) in [6.07, 6.45) is 5.41. The van der Waals surface area contributed by atoms with Crippen molar-refractivity contribution in [1.29, 1.82) is 0 Å². The van der Waals surface area contributed by atoms with Gasteiger partial charge in [0.1, 0.15) is 17.9 Å². The molecular weight excluding hydrogens is 419 g/mol. The predicted molar refractivity (Wildman–Crippen MR) is 126 cm³/mol. The minimum absolute atomic E-state index is 0.290. The molecule has 2 fully saturated rings. The van der Waals surface area contributed by atoms with Crippen LogP contribution in [0.5, 0.6) is 11.5 Å². The van der Waals surface area contributed by atoms with Gasteiger partial charge in [-0.3, -0.25) is 0 Å². The molecule has 0 radical (unpaired) electrons. The smallest absolute Gasteiger partial charge is 0.188 e. The number of aliphatic hydroxyl groups is 1. The van der Waals surface area contributed by atoms with Crippen molar-refractivity contribution in [1.82, 2.24) is 15.3 Å². The van der Waals surface area contributed by atoms with Gasteiger partial charge in [-0.2, -0.15) is 0 Å². The Hall–Kier alpha value is -3.03. The van der Waals surface area contributed by atoms with E-state index in [0.717, 1.165) is 49.5 Å². The van der Waals surface area contributed by atoms with E-state index in [1.54, 1.807) is 18.6 Å². The summed E-state index contributed by atoms with van der Waals surface area (Å²) in [6.45, 7) is 5.85. The van der Waals surface area contributed by atoms with Crippen molar-refractivity contribution < 1.29 is 14.2 Å². The summed E-state index contributed by atoms with van der Waals surface area (Å²) in [5.74, 6) is 1.44. The number of rotatable bonds is 6. The summed E-state index contributed by atoms with van der Waals surface area (Å²) in [7, 11) is 0. The topological polar surface area (TPSA) is 70.5 Å². The molecule has 33 heavy (non-hydrogen) atoms. The molecule has 0 aliphatic carbocycles. The summed E-state index contributed by atoms with van der Waals surface area (Å²) >= 11 is 0. The van der Waals surface area contributed by atoms with Crippen LogP contribution in [0.15, 0.2) is 55.0 Å². The average Bonchev–Trinajstić information content (AvgIpc) is 3.49. The Morgan fingerprint density at radius 1 is 1.18 bits per heavy atom. The van der Waals surface area contributed by atoms with Crippen molar-refractivity contribution in [3.8, 4) is 22.6 Å². The van der Waals surface area contributed by atoms with Crippen LogP contribution in [-0.4, -0.2) is 41.3 Å². The molecule has 2 atom stereocenters. The summed E-state index contributed by atoms with van der Waals surface area (Å²) in [5.41, 5.74) is 2.37. The van der Waals surface area contributed by atoms with Crippen molar-refractivity contribution in [2.75, 3.05) is 31.1 Å². The lowest BCUT2D eigenvalue weighted by Gasteiger charge is -2.24. The van der Waals surface area contributed by atoms with Gasteiger partial charge in [-0.15, -0.1) is 0 Å². The van der Waals surface area contributed by atoms with Crippen molar-refractivity contribution in [3.63, 3.8) is 0 Å². The third-order valence-electron chi connectivity index (χ3n) is 6.89. The SMILES string of the molecule is CCC(O)c1ccccc1-c1cc(F)ccc1Oc1cncnc1N1CCC2(CCNC2)C1. The van der Waals surface area contributed by atoms with E-state index in [0.29, 0.717) is 28.9 Å². The molecule has 0 saturated carbocycles. The lowest BCUT2D eigenvalue weighted by atomic mass is 9.87. The van der Waals surface area contributed by atoms with Crippen LogP contribution in [0.3, 0.4) is 0 Å². The zero-order valence-corrected chi connectivity index (χ0v) is 18.8. The Kier molecular flexibility index (Phi) is 6.00. The number of hydrogen-bond donors (Lipinski definition) is 2. The van der Waals surface area contributed by atoms with E-state index in [1.165, 1.54) is 18.6 Å². The van der Waals surface area contributed by atoms with Gasteiger partial charge in [0, 0.05) is 30.6 Å². The fourth-order valence-corrected chi connectivity index (χ4v) is 5.05. The van der Waals surface area contributed by atoms with Crippen molar-refractivity contribution in [2.24, 2.45) is 5.41 Å². The van der Waals surface area contributed by atoms with Gasteiger partial charge in [0.25, 0.3) is 0 Å². The van der Waals surface area contributed by atoms with Crippen LogP contribution in [0.25, 0.3) is 11.1 Å². The van der Waals surface area contributed by atoms with E-state index in [9.17, 15) is 9.50 Å². The lowest BCUT2D eigenvalue weighted by Crippen LogP contribution is -2.29. The molecule has 3 aromatic rings. The number of nitrogens with one attached hydrogen (secondary N) is 1. The van der Waals surface area contributed by atoms with E-state index < -0.39 is 6.10 Å². The summed E-state index contributed by atoms with van der Waals surface area (Å²) in [6, 6.07) is 12.0. The molecule has 3 heterocycles. The molecule has 2 unspecified atom stereocenters. The van der Waals surface area contributed by atoms with Crippen molar-refractivity contribution >= 4 is 5.82 Å². The Balaban J connectivity index is 1.50. The second-order valence-corrected chi connectivity index (χ2v) is 9.06. The number of hydrogen-bond acceptors (Lipinski definition) is 6. The van der Waals surface area contributed by atoms with Gasteiger partial charge in [-0.1, -0.05) is 31.2 Å². The van der Waals surface area contributed by atoms with E-state index >= 15 is 0 Å². The van der Waals surface area contributed by atoms with Crippen molar-refractivity contribution in [3.05, 3.63) is 66.4 Å². The highest BCUT2D eigenvalue weighted by Crippen LogP contribution is 2.43. The van der Waals surface area contributed by atoms with Crippen LogP contribution in [-0.2, 0) is 0 Å². The van der Waals surface area contributed by atoms with Gasteiger partial charge in [-0.05, 0) is 55.1 Å². The molecule has 0 bridgehead atoms. The Labute approximate surface area is 193 Å². The van der Waals surface area contributed by atoms with E-state index in [-0.39, 0.29) is 5.82 Å². The lowest BCUT2D eigenvalue weighted by molar-refractivity contribution is 0.174. The number of nitrogens with zero attached hydrogens (tertiary/aromatic N) is 3. The zero-order chi connectivity index (χ0) is 22.8. The molecule has 6 nitrogen and oxygen atoms in total. The first-order valence-electron chi connectivity index (χ1n) is 11.6. The summed E-state index contributed by atoms with van der Waals surface area (Å²) in [5, 5.41) is 14.0. The molecule has 0 amide bonds. The fourth-order valence-electron chi connectivity index (χ4n) is 5.05. The molecule has 172 valence electrons. The molecule has 7 heteroatoms. The van der Waals surface area contributed by atoms with Gasteiger partial charge in [0.05, 0.1) is 12.3 Å². The van der Waals surface area contributed by atoms with Crippen LogP contribution >= 0.6 is 0 Å². The number of anilines is 1. The van der Waals surface area contributed by atoms with Crippen LogP contribution in [0, 0.1) is 11.2 Å². The summed E-state index contributed by atoms with van der Waals surface area (Å²) < 4.78 is 20.7. The molecule has 5 rings (SSSR count). The Bertz CT molecular complexity index is 1130. The average molecular weight is 449 g/mol. The largest absolute Gasteiger partial charge is 0.451 e. The zero-order valence-electron chi connectivity index (χ0n) is 18.8. The van der Waals surface area contributed by atoms with Crippen molar-refractivity contribution in [2.45, 2.75) is 32.3 Å². The van der Waals surface area contributed by atoms with E-state index in [4.69, 9.17) is 4.74 Å². The van der Waals surface area contributed by atoms with E-state index in [1.807, 2.05) is 31.2 Å². The second kappa shape index (κ2) is 9.08. The molecule has 2 aromatic carbocycles. The maximum Gasteiger partial charge on any atom is 0.188 e. The maximum absolute atomic E-state index is 14.3. The number of aliphatic hydroxyl groups excluding tert-OH is 1. The van der Waals surface area contributed by atoms with Gasteiger partial charge >= 0.3 is 0 Å². The van der Waals surface area contributed by atoms with Gasteiger partial charge < -0.3 is 20.1 Å². The van der Waals surface area contributed by atoms with Gasteiger partial charge in [-0.25, -0.2) is 14.4 Å². The first-order valence-corrected chi connectivity index (χ1v) is 11.6. The number of ether oxygens (including phenoxy) is 1. The van der Waals surface area contributed by atoms with E-state index in [2.05, 4.69) is 20.2 Å². The molecule has 1 spiro atoms. The second-order valence-electron chi connectivity index (χ2n) is 9.06. The Morgan fingerprint density at radius 3 is 2.88 bits per heavy atom. The monoisotopic (exact) mass is 448 g/mol. The van der Waals surface area contributed by atoms with Crippen LogP contribution in [0.2, 0.25) is 0 Å². The molecule has 2 aliphatic heterocycles. The molecule has 2 aliphatic rings. The maximum atomic E-state index is 14.3. The highest BCUT2D eigenvalue weighted by Gasteiger charge is 2.41. The van der Waals surface area contributed by atoms with Crippen LogP contribution in [0.4, 0.5) is 10.2 Å². The predicted octanol–water partition coefficient (Wildman–Crippen LogP) is 4.71. The molecule has 2 saturated heterocycles. The number of halogens is 1. The minimum atomic E-state index is -0.645. The molecule has 2 N–H and O–H groups in total.